The van der Waals surface area contributed by atoms with Crippen molar-refractivity contribution < 1.29 is 34.4 Å². The topological polar surface area (TPSA) is 244 Å². The number of phenolic OH excluding ortho intramolecular Hbond substituents is 3. The van der Waals surface area contributed by atoms with Crippen molar-refractivity contribution in [3.05, 3.63) is 181 Å². The van der Waals surface area contributed by atoms with Crippen LogP contribution in [0.2, 0.25) is 0 Å². The number of hydrogen-bond acceptors (Lipinski definition) is 24. The zero-order chi connectivity index (χ0) is 80.1. The largest absolute Gasteiger partial charge is 0.508 e. The molecule has 27 heteroatoms. The number of nitrogens with zero attached hydrogens (tertiary/aromatic N) is 20. The van der Waals surface area contributed by atoms with Crippen molar-refractivity contribution in [1.29, 1.82) is 0 Å². The average molecular weight is 1560 g/mol. The first kappa shape index (κ1) is 78.7. The van der Waals surface area contributed by atoms with Gasteiger partial charge in [0.2, 0.25) is 29.6 Å². The summed E-state index contributed by atoms with van der Waals surface area (Å²) in [5.41, 5.74) is 9.61. The summed E-state index contributed by atoms with van der Waals surface area (Å²) in [6, 6.07) is 36.4. The Morgan fingerprint density at radius 2 is 0.800 bits per heavy atom. The van der Waals surface area contributed by atoms with E-state index in [2.05, 4.69) is 113 Å². The number of carbonyl (C=O) groups is 3. The molecule has 3 N–H and O–H groups in total. The Hall–Kier alpha value is -11.6. The van der Waals surface area contributed by atoms with Gasteiger partial charge < -0.3 is 88.7 Å². The van der Waals surface area contributed by atoms with E-state index < -0.39 is 0 Å². The molecule has 17 rings (SSSR count). The maximum Gasteiger partial charge on any atom is 0.318 e. The Labute approximate surface area is 673 Å². The molecular formula is C88H108N20O7. The minimum absolute atomic E-state index is 0.0125. The third-order valence-corrected chi connectivity index (χ3v) is 23.7. The summed E-state index contributed by atoms with van der Waals surface area (Å²) < 4.78 is 6.20. The Kier molecular flexibility index (Phi) is 23.7. The first-order valence-corrected chi connectivity index (χ1v) is 40.5. The standard InChI is InChI=1S/C30H37N7O2.C29H35N7O2.C29H36N6O3/c1-4-28(39)34-13-15-35(16-14-34)29-25-10-12-36(27-18-23(38)17-21-7-5-6-8-24(21)27)20-26(25)31-30(32-29)37-11-9-22(19-37)33(2)3;1-3-27(38)33-14-16-34(17-15-33)28-24-8-9-36(26-19-22(37)18-21-6-4-5-7-23(21)26)20-25(24)30-29(31-28)35-12-10-32(2)11-13-35;1-5-27(37)33-12-14-34(15-13-33)28-24-10-11-35(26-17-22(36)16-21-8-6-7-9-23(21)26)19-25(24)30-29(31-28)38-20(2)18-32(3)4/h4-8,17-18,22,38H,1,9-16,19-20H2,2-3H3;3-7,18-19,37H,1,8-17,20H2,2H3;5-9,16-17,20,36H,1,10-15,18-19H2,2-4H3/t;;20-/m..0/s1. The lowest BCUT2D eigenvalue weighted by molar-refractivity contribution is -0.127. The van der Waals surface area contributed by atoms with Crippen LogP contribution >= 0.6 is 0 Å². The van der Waals surface area contributed by atoms with Gasteiger partial charge >= 0.3 is 6.01 Å². The summed E-state index contributed by atoms with van der Waals surface area (Å²) >= 11 is 0. The Morgan fingerprint density at radius 3 is 1.17 bits per heavy atom. The van der Waals surface area contributed by atoms with Crippen LogP contribution in [0.5, 0.6) is 23.3 Å². The van der Waals surface area contributed by atoms with Crippen molar-refractivity contribution in [2.45, 2.75) is 64.4 Å². The van der Waals surface area contributed by atoms with Crippen molar-refractivity contribution in [3.8, 4) is 23.3 Å². The monoisotopic (exact) mass is 1560 g/mol. The maximum absolute atomic E-state index is 12.2. The molecule has 3 aromatic heterocycles. The Balaban J connectivity index is 0.000000136. The van der Waals surface area contributed by atoms with E-state index in [1.807, 2.05) is 121 Å². The number of amides is 3. The molecule has 5 fully saturated rings. The molecule has 6 aromatic carbocycles. The molecule has 0 aliphatic carbocycles. The molecule has 2 atom stereocenters. The third-order valence-electron chi connectivity index (χ3n) is 23.7. The van der Waals surface area contributed by atoms with E-state index in [1.165, 1.54) is 29.4 Å². The number of anilines is 8. The third kappa shape index (κ3) is 17.4. The van der Waals surface area contributed by atoms with Crippen LogP contribution in [0.1, 0.15) is 47.1 Å². The maximum atomic E-state index is 12.2. The molecule has 8 aliphatic rings. The number of fused-ring (bicyclic) bond motifs is 6. The van der Waals surface area contributed by atoms with Crippen molar-refractivity contribution >= 4 is 96.5 Å². The number of aromatic nitrogens is 6. The highest BCUT2D eigenvalue weighted by atomic mass is 16.5. The van der Waals surface area contributed by atoms with Crippen LogP contribution in [0.25, 0.3) is 32.3 Å². The van der Waals surface area contributed by atoms with E-state index in [9.17, 15) is 29.7 Å². The number of likely N-dealkylation sites (N-methyl/N-ethyl adjacent to an activating group) is 3. The van der Waals surface area contributed by atoms with Crippen LogP contribution in [-0.2, 0) is 53.3 Å². The second kappa shape index (κ2) is 34.6. The Morgan fingerprint density at radius 1 is 0.443 bits per heavy atom. The normalized spacial score (nSPS) is 18.2. The summed E-state index contributed by atoms with van der Waals surface area (Å²) in [6.45, 7) is 31.9. The fraction of sp³-hybridized carbons (Fsp3) is 0.420. The summed E-state index contributed by atoms with van der Waals surface area (Å²) in [7, 11) is 10.4. The molecule has 1 unspecified atom stereocenters. The molecule has 0 radical (unpaired) electrons. The highest BCUT2D eigenvalue weighted by Gasteiger charge is 2.36. The van der Waals surface area contributed by atoms with E-state index in [1.54, 1.807) is 6.07 Å². The molecule has 3 amide bonds. The van der Waals surface area contributed by atoms with Gasteiger partial charge in [-0.25, -0.2) is 9.97 Å². The molecule has 27 nitrogen and oxygen atoms in total. The van der Waals surface area contributed by atoms with Crippen LogP contribution in [0.3, 0.4) is 0 Å². The van der Waals surface area contributed by atoms with Gasteiger partial charge in [-0.15, -0.1) is 0 Å². The molecule has 602 valence electrons. The van der Waals surface area contributed by atoms with Gasteiger partial charge in [-0.05, 0) is 120 Å². The molecule has 5 saturated heterocycles. The number of carbonyl (C=O) groups excluding carboxylic acids is 3. The molecule has 115 heavy (non-hydrogen) atoms. The van der Waals surface area contributed by atoms with Gasteiger partial charge in [-0.1, -0.05) is 92.5 Å². The fourth-order valence-electron chi connectivity index (χ4n) is 17.4. The molecule has 0 bridgehead atoms. The van der Waals surface area contributed by atoms with Gasteiger partial charge in [-0.3, -0.25) is 14.4 Å². The summed E-state index contributed by atoms with van der Waals surface area (Å²) in [4.78, 5) is 97.5. The zero-order valence-electron chi connectivity index (χ0n) is 67.3. The molecular weight excluding hydrogens is 1450 g/mol. The van der Waals surface area contributed by atoms with E-state index in [-0.39, 0.29) is 41.1 Å². The van der Waals surface area contributed by atoms with Crippen LogP contribution in [-0.4, -0.2) is 284 Å². The summed E-state index contributed by atoms with van der Waals surface area (Å²) in [5, 5.41) is 37.8. The van der Waals surface area contributed by atoms with Gasteiger partial charge in [0.25, 0.3) is 0 Å². The number of piperazine rings is 4. The molecule has 11 heterocycles. The Bertz CT molecular complexity index is 5090. The second-order valence-corrected chi connectivity index (χ2v) is 31.8. The number of hydrogen-bond donors (Lipinski definition) is 3. The number of ether oxygens (including phenoxy) is 1. The van der Waals surface area contributed by atoms with Gasteiger partial charge in [0.1, 0.15) is 40.8 Å². The second-order valence-electron chi connectivity index (χ2n) is 31.8. The van der Waals surface area contributed by atoms with Crippen LogP contribution in [0.15, 0.2) is 147 Å². The molecule has 9 aromatic rings. The van der Waals surface area contributed by atoms with Crippen molar-refractivity contribution in [2.24, 2.45) is 0 Å². The lowest BCUT2D eigenvalue weighted by Crippen LogP contribution is -2.49. The molecule has 8 aliphatic heterocycles. The number of benzene rings is 6. The fourth-order valence-corrected chi connectivity index (χ4v) is 17.4. The van der Waals surface area contributed by atoms with Gasteiger partial charge in [0, 0.05) is 218 Å². The summed E-state index contributed by atoms with van der Waals surface area (Å²) in [6.07, 6.45) is 7.60. The molecule has 0 spiro atoms. The van der Waals surface area contributed by atoms with E-state index in [4.69, 9.17) is 34.6 Å². The highest BCUT2D eigenvalue weighted by molar-refractivity contribution is 5.98. The number of phenols is 3. The average Bonchev–Trinajstić information content (AvgIpc) is 1.24. The van der Waals surface area contributed by atoms with E-state index >= 15 is 0 Å². The zero-order valence-corrected chi connectivity index (χ0v) is 67.3. The van der Waals surface area contributed by atoms with Gasteiger partial charge in [-0.2, -0.15) is 19.9 Å². The summed E-state index contributed by atoms with van der Waals surface area (Å²) in [5.74, 6) is 5.24. The van der Waals surface area contributed by atoms with Crippen molar-refractivity contribution in [3.63, 3.8) is 0 Å². The quantitative estimate of drug-likeness (QED) is 0.0769. The van der Waals surface area contributed by atoms with Crippen LogP contribution < -0.4 is 43.9 Å². The van der Waals surface area contributed by atoms with Crippen molar-refractivity contribution in [1.82, 2.24) is 59.3 Å². The SMILES string of the molecule is C=CC(=O)N1CCN(c2nc(N3CCC(N(C)C)C3)nc3c2CCN(c2cc(O)cc4ccccc24)C3)CC1.C=CC(=O)N1CCN(c2nc(N3CCN(C)CC3)nc3c2CCN(c2cc(O)cc4ccccc24)C3)CC1.C=CC(=O)N1CCN(c2nc(O[C@@H](C)CN(C)C)nc3c2CCN(c2cc(O)cc4ccccc24)C3)CC1. The predicted octanol–water partition coefficient (Wildman–Crippen LogP) is 8.42. The highest BCUT2D eigenvalue weighted by Crippen LogP contribution is 2.42. The number of aromatic hydroxyl groups is 3. The van der Waals surface area contributed by atoms with Crippen molar-refractivity contribution in [2.75, 3.05) is 218 Å². The predicted molar refractivity (Wildman–Crippen MR) is 457 cm³/mol. The first-order chi connectivity index (χ1) is 55.7. The van der Waals surface area contributed by atoms with Crippen LogP contribution in [0, 0.1) is 0 Å². The minimum Gasteiger partial charge on any atom is -0.508 e. The minimum atomic E-state index is -0.0762. The molecule has 0 saturated carbocycles. The van der Waals surface area contributed by atoms with Crippen LogP contribution in [0.4, 0.5) is 46.4 Å². The van der Waals surface area contributed by atoms with Gasteiger partial charge in [0.15, 0.2) is 0 Å². The van der Waals surface area contributed by atoms with E-state index in [0.29, 0.717) is 84.0 Å². The lowest BCUT2D eigenvalue weighted by atomic mass is 10.0. The smallest absolute Gasteiger partial charge is 0.318 e. The van der Waals surface area contributed by atoms with Gasteiger partial charge in [0.05, 0.1) is 36.7 Å². The van der Waals surface area contributed by atoms with E-state index in [0.717, 1.165) is 219 Å². The first-order valence-electron chi connectivity index (χ1n) is 40.5. The number of rotatable bonds is 16. The lowest BCUT2D eigenvalue weighted by Gasteiger charge is -2.39.